The summed E-state index contributed by atoms with van der Waals surface area (Å²) in [5.41, 5.74) is 3.73. The monoisotopic (exact) mass is 203 g/mol. The van der Waals surface area contributed by atoms with Crippen molar-refractivity contribution in [2.24, 2.45) is 0 Å². The molecule has 7 heteroatoms. The summed E-state index contributed by atoms with van der Waals surface area (Å²) < 4.78 is 24.9. The van der Waals surface area contributed by atoms with Crippen LogP contribution in [0.3, 0.4) is 0 Å². The van der Waals surface area contributed by atoms with Crippen molar-refractivity contribution in [2.45, 2.75) is 13.3 Å². The van der Waals surface area contributed by atoms with Crippen LogP contribution in [0.4, 0.5) is 20.3 Å². The minimum Gasteiger partial charge on any atom is -0.378 e. The number of nitrogens with two attached hydrogens (primary N) is 1. The molecule has 0 saturated carbocycles. The van der Waals surface area contributed by atoms with E-state index in [1.807, 2.05) is 0 Å². The minimum absolute atomic E-state index is 0.0564. The molecule has 1 aromatic rings. The molecular formula is C7H7F2N3O2. The molecule has 1 aromatic heterocycles. The summed E-state index contributed by atoms with van der Waals surface area (Å²) in [6.07, 6.45) is -1.84. The maximum Gasteiger partial charge on any atom is 0.320 e. The lowest BCUT2D eigenvalue weighted by Crippen LogP contribution is -2.05. The molecule has 0 unspecified atom stereocenters. The van der Waals surface area contributed by atoms with E-state index in [0.29, 0.717) is 0 Å². The Hall–Kier alpha value is -1.79. The molecule has 0 saturated heterocycles. The van der Waals surface area contributed by atoms with Crippen molar-refractivity contribution in [3.8, 4) is 0 Å². The Balaban J connectivity index is 3.50. The van der Waals surface area contributed by atoms with Gasteiger partial charge in [-0.3, -0.25) is 10.1 Å². The zero-order chi connectivity index (χ0) is 10.9. The van der Waals surface area contributed by atoms with Crippen LogP contribution >= 0.6 is 0 Å². The van der Waals surface area contributed by atoms with Gasteiger partial charge in [0.1, 0.15) is 5.56 Å². The standard InChI is InChI=1S/C7H7F2N3O2/c1-3-2-11-7(10)5(12(13)14)4(3)6(8)9/h2,6H,1H3,(H2,10,11). The van der Waals surface area contributed by atoms with E-state index >= 15 is 0 Å². The molecule has 0 aliphatic rings. The largest absolute Gasteiger partial charge is 0.378 e. The quantitative estimate of drug-likeness (QED) is 0.587. The molecule has 0 atom stereocenters. The van der Waals surface area contributed by atoms with Gasteiger partial charge in [0.2, 0.25) is 5.82 Å². The Kier molecular flexibility index (Phi) is 2.59. The van der Waals surface area contributed by atoms with Gasteiger partial charge in [0, 0.05) is 6.20 Å². The van der Waals surface area contributed by atoms with Crippen LogP contribution in [0.25, 0.3) is 0 Å². The SMILES string of the molecule is Cc1cnc(N)c([N+](=O)[O-])c1C(F)F. The van der Waals surface area contributed by atoms with Gasteiger partial charge in [-0.15, -0.1) is 0 Å². The first-order chi connectivity index (χ1) is 6.45. The molecule has 0 aliphatic heterocycles. The zero-order valence-corrected chi connectivity index (χ0v) is 7.20. The molecule has 0 bridgehead atoms. The number of halogens is 2. The molecule has 0 spiro atoms. The fourth-order valence-electron chi connectivity index (χ4n) is 1.09. The van der Waals surface area contributed by atoms with Crippen LogP contribution in [-0.4, -0.2) is 9.91 Å². The Morgan fingerprint density at radius 3 is 2.57 bits per heavy atom. The first-order valence-electron chi connectivity index (χ1n) is 3.62. The highest BCUT2D eigenvalue weighted by Crippen LogP contribution is 2.34. The van der Waals surface area contributed by atoms with Crippen molar-refractivity contribution in [3.63, 3.8) is 0 Å². The number of pyridine rings is 1. The fraction of sp³-hybridized carbons (Fsp3) is 0.286. The first kappa shape index (κ1) is 10.3. The summed E-state index contributed by atoms with van der Waals surface area (Å²) in [6, 6.07) is 0. The first-order valence-corrected chi connectivity index (χ1v) is 3.62. The summed E-state index contributed by atoms with van der Waals surface area (Å²) in [4.78, 5) is 12.9. The van der Waals surface area contributed by atoms with Gasteiger partial charge in [0.25, 0.3) is 6.43 Å². The van der Waals surface area contributed by atoms with E-state index in [0.717, 1.165) is 6.20 Å². The molecule has 14 heavy (non-hydrogen) atoms. The van der Waals surface area contributed by atoms with Crippen molar-refractivity contribution in [1.29, 1.82) is 0 Å². The third-order valence-corrected chi connectivity index (χ3v) is 1.72. The van der Waals surface area contributed by atoms with Crippen molar-refractivity contribution >= 4 is 11.5 Å². The number of hydrogen-bond acceptors (Lipinski definition) is 4. The number of nitrogens with zero attached hydrogens (tertiary/aromatic N) is 2. The number of nitrogen functional groups attached to an aromatic ring is 1. The molecule has 0 radical (unpaired) electrons. The van der Waals surface area contributed by atoms with Gasteiger partial charge in [-0.25, -0.2) is 13.8 Å². The van der Waals surface area contributed by atoms with E-state index in [9.17, 15) is 18.9 Å². The summed E-state index contributed by atoms with van der Waals surface area (Å²) in [7, 11) is 0. The summed E-state index contributed by atoms with van der Waals surface area (Å²) in [6.45, 7) is 1.32. The minimum atomic E-state index is -2.93. The third kappa shape index (κ3) is 1.61. The number of nitro groups is 1. The molecule has 0 amide bonds. The Morgan fingerprint density at radius 2 is 2.21 bits per heavy atom. The highest BCUT2D eigenvalue weighted by atomic mass is 19.3. The van der Waals surface area contributed by atoms with Crippen LogP contribution in [0.1, 0.15) is 17.6 Å². The van der Waals surface area contributed by atoms with Gasteiger partial charge >= 0.3 is 5.69 Å². The molecule has 0 fully saturated rings. The number of rotatable bonds is 2. The predicted molar refractivity (Wildman–Crippen MR) is 45.0 cm³/mol. The highest BCUT2D eigenvalue weighted by molar-refractivity contribution is 5.59. The van der Waals surface area contributed by atoms with Gasteiger partial charge < -0.3 is 5.73 Å². The van der Waals surface area contributed by atoms with E-state index in [-0.39, 0.29) is 5.56 Å². The second-order valence-electron chi connectivity index (χ2n) is 2.65. The lowest BCUT2D eigenvalue weighted by Gasteiger charge is -2.06. The third-order valence-electron chi connectivity index (χ3n) is 1.72. The van der Waals surface area contributed by atoms with Gasteiger partial charge in [-0.1, -0.05) is 0 Å². The second-order valence-corrected chi connectivity index (χ2v) is 2.65. The second kappa shape index (κ2) is 3.52. The normalized spacial score (nSPS) is 10.6. The lowest BCUT2D eigenvalue weighted by molar-refractivity contribution is -0.385. The van der Waals surface area contributed by atoms with Gasteiger partial charge in [0.15, 0.2) is 0 Å². The van der Waals surface area contributed by atoms with Crippen molar-refractivity contribution in [2.75, 3.05) is 5.73 Å². The average Bonchev–Trinajstić information content (AvgIpc) is 2.07. The number of aryl methyl sites for hydroxylation is 1. The molecule has 5 nitrogen and oxygen atoms in total. The van der Waals surface area contributed by atoms with E-state index in [1.54, 1.807) is 0 Å². The summed E-state index contributed by atoms with van der Waals surface area (Å²) in [5, 5.41) is 10.5. The number of anilines is 1. The molecule has 0 aliphatic carbocycles. The molecule has 2 N–H and O–H groups in total. The van der Waals surface area contributed by atoms with Crippen molar-refractivity contribution in [3.05, 3.63) is 27.4 Å². The maximum absolute atomic E-state index is 12.4. The molecular weight excluding hydrogens is 196 g/mol. The molecule has 0 aromatic carbocycles. The van der Waals surface area contributed by atoms with E-state index < -0.39 is 28.4 Å². The van der Waals surface area contributed by atoms with Crippen molar-refractivity contribution < 1.29 is 13.7 Å². The van der Waals surface area contributed by atoms with Crippen LogP contribution in [0.5, 0.6) is 0 Å². The van der Waals surface area contributed by atoms with Crippen LogP contribution in [-0.2, 0) is 0 Å². The summed E-state index contributed by atoms with van der Waals surface area (Å²) >= 11 is 0. The highest BCUT2D eigenvalue weighted by Gasteiger charge is 2.27. The van der Waals surface area contributed by atoms with Crippen LogP contribution in [0.15, 0.2) is 6.20 Å². The van der Waals surface area contributed by atoms with Crippen molar-refractivity contribution in [1.82, 2.24) is 4.98 Å². The van der Waals surface area contributed by atoms with Crippen LogP contribution in [0.2, 0.25) is 0 Å². The van der Waals surface area contributed by atoms with Crippen LogP contribution < -0.4 is 5.73 Å². The zero-order valence-electron chi connectivity index (χ0n) is 7.20. The fourth-order valence-corrected chi connectivity index (χ4v) is 1.09. The maximum atomic E-state index is 12.4. The van der Waals surface area contributed by atoms with E-state index in [1.165, 1.54) is 6.92 Å². The van der Waals surface area contributed by atoms with Crippen LogP contribution in [0, 0.1) is 17.0 Å². The molecule has 1 rings (SSSR count). The Labute approximate surface area is 77.7 Å². The Bertz CT molecular complexity index is 381. The predicted octanol–water partition coefficient (Wildman–Crippen LogP) is 1.82. The Morgan fingerprint density at radius 1 is 1.64 bits per heavy atom. The number of aromatic nitrogens is 1. The number of alkyl halides is 2. The topological polar surface area (TPSA) is 82.0 Å². The van der Waals surface area contributed by atoms with E-state index in [4.69, 9.17) is 5.73 Å². The average molecular weight is 203 g/mol. The van der Waals surface area contributed by atoms with Gasteiger partial charge in [-0.2, -0.15) is 0 Å². The number of hydrogen-bond donors (Lipinski definition) is 1. The van der Waals surface area contributed by atoms with Gasteiger partial charge in [0.05, 0.1) is 4.92 Å². The van der Waals surface area contributed by atoms with E-state index in [2.05, 4.69) is 4.98 Å². The lowest BCUT2D eigenvalue weighted by atomic mass is 10.1. The van der Waals surface area contributed by atoms with Gasteiger partial charge in [-0.05, 0) is 12.5 Å². The molecule has 1 heterocycles. The molecule has 76 valence electrons. The smallest absolute Gasteiger partial charge is 0.320 e. The summed E-state index contributed by atoms with van der Waals surface area (Å²) in [5.74, 6) is -0.490.